The molecular weight excluding hydrogens is 227 g/mol. The maximum atomic E-state index is 13.7. The summed E-state index contributed by atoms with van der Waals surface area (Å²) in [6, 6.07) is 7.03. The Morgan fingerprint density at radius 2 is 1.89 bits per heavy atom. The molecule has 0 saturated heterocycles. The van der Waals surface area contributed by atoms with Crippen LogP contribution in [0.2, 0.25) is 0 Å². The molecule has 0 heterocycles. The Hall–Kier alpha value is -1.09. The first-order valence-electron chi connectivity index (χ1n) is 6.61. The van der Waals surface area contributed by atoms with E-state index < -0.39 is 0 Å². The number of benzene rings is 1. The van der Waals surface area contributed by atoms with Crippen LogP contribution in [0.15, 0.2) is 24.3 Å². The van der Waals surface area contributed by atoms with E-state index in [1.165, 1.54) is 6.07 Å². The molecule has 0 aliphatic heterocycles. The van der Waals surface area contributed by atoms with Crippen molar-refractivity contribution in [1.82, 2.24) is 0 Å². The van der Waals surface area contributed by atoms with Crippen molar-refractivity contribution in [3.63, 3.8) is 0 Å². The lowest BCUT2D eigenvalue weighted by atomic mass is 9.85. The minimum Gasteiger partial charge on any atom is -0.369 e. The first kappa shape index (κ1) is 15.0. The molecule has 0 spiro atoms. The molecule has 2 nitrogen and oxygen atoms in total. The molecule has 0 aliphatic carbocycles. The number of anilines is 1. The third-order valence-electron chi connectivity index (χ3n) is 3.40. The summed E-state index contributed by atoms with van der Waals surface area (Å²) in [5.41, 5.74) is 6.91. The molecule has 1 atom stereocenters. The first-order chi connectivity index (χ1) is 8.36. The van der Waals surface area contributed by atoms with Gasteiger partial charge in [0, 0.05) is 19.1 Å². The molecule has 0 amide bonds. The largest absolute Gasteiger partial charge is 0.369 e. The summed E-state index contributed by atoms with van der Waals surface area (Å²) in [7, 11) is 0. The SMILES string of the molecule is CCN(CCC(N)C(C)(C)C)c1ccccc1F. The lowest BCUT2D eigenvalue weighted by Gasteiger charge is -2.30. The van der Waals surface area contributed by atoms with Gasteiger partial charge in [-0.2, -0.15) is 0 Å². The van der Waals surface area contributed by atoms with Gasteiger partial charge in [0.15, 0.2) is 0 Å². The maximum absolute atomic E-state index is 13.7. The van der Waals surface area contributed by atoms with Gasteiger partial charge in [-0.25, -0.2) is 4.39 Å². The molecule has 1 aromatic carbocycles. The fraction of sp³-hybridized carbons (Fsp3) is 0.600. The van der Waals surface area contributed by atoms with Crippen LogP contribution in [0, 0.1) is 11.2 Å². The van der Waals surface area contributed by atoms with E-state index in [1.807, 2.05) is 24.0 Å². The molecule has 1 aromatic rings. The van der Waals surface area contributed by atoms with Crippen LogP contribution in [-0.2, 0) is 0 Å². The van der Waals surface area contributed by atoms with Crippen molar-refractivity contribution in [3.8, 4) is 0 Å². The molecule has 0 aliphatic rings. The second-order valence-electron chi connectivity index (χ2n) is 5.79. The Balaban J connectivity index is 2.67. The Labute approximate surface area is 110 Å². The van der Waals surface area contributed by atoms with Crippen molar-refractivity contribution >= 4 is 5.69 Å². The van der Waals surface area contributed by atoms with Gasteiger partial charge in [-0.1, -0.05) is 32.9 Å². The number of rotatable bonds is 5. The lowest BCUT2D eigenvalue weighted by Crippen LogP contribution is -2.39. The highest BCUT2D eigenvalue weighted by Gasteiger charge is 2.21. The Morgan fingerprint density at radius 3 is 2.39 bits per heavy atom. The zero-order valence-electron chi connectivity index (χ0n) is 11.9. The summed E-state index contributed by atoms with van der Waals surface area (Å²) < 4.78 is 13.7. The summed E-state index contributed by atoms with van der Waals surface area (Å²) in [5, 5.41) is 0. The Morgan fingerprint density at radius 1 is 1.28 bits per heavy atom. The second-order valence-corrected chi connectivity index (χ2v) is 5.79. The van der Waals surface area contributed by atoms with Crippen LogP contribution in [0.3, 0.4) is 0 Å². The van der Waals surface area contributed by atoms with Crippen molar-refractivity contribution in [1.29, 1.82) is 0 Å². The van der Waals surface area contributed by atoms with E-state index in [0.29, 0.717) is 5.69 Å². The predicted octanol–water partition coefficient (Wildman–Crippen LogP) is 3.42. The van der Waals surface area contributed by atoms with Crippen molar-refractivity contribution in [3.05, 3.63) is 30.1 Å². The first-order valence-corrected chi connectivity index (χ1v) is 6.61. The summed E-state index contributed by atoms with van der Waals surface area (Å²) in [4.78, 5) is 2.04. The molecule has 1 unspecified atom stereocenters. The van der Waals surface area contributed by atoms with Crippen LogP contribution in [0.1, 0.15) is 34.1 Å². The van der Waals surface area contributed by atoms with Gasteiger partial charge in [-0.3, -0.25) is 0 Å². The Bertz CT molecular complexity index is 371. The molecule has 0 fully saturated rings. The van der Waals surface area contributed by atoms with E-state index in [-0.39, 0.29) is 17.3 Å². The highest BCUT2D eigenvalue weighted by molar-refractivity contribution is 5.47. The monoisotopic (exact) mass is 252 g/mol. The molecule has 1 rings (SSSR count). The van der Waals surface area contributed by atoms with Gasteiger partial charge in [0.1, 0.15) is 5.82 Å². The van der Waals surface area contributed by atoms with Gasteiger partial charge in [-0.15, -0.1) is 0 Å². The van der Waals surface area contributed by atoms with Crippen LogP contribution in [0.4, 0.5) is 10.1 Å². The van der Waals surface area contributed by atoms with Crippen LogP contribution in [0.5, 0.6) is 0 Å². The number of nitrogens with two attached hydrogens (primary N) is 1. The average molecular weight is 252 g/mol. The highest BCUT2D eigenvalue weighted by Crippen LogP contribution is 2.22. The number of nitrogens with zero attached hydrogens (tertiary/aromatic N) is 1. The second kappa shape index (κ2) is 6.19. The quantitative estimate of drug-likeness (QED) is 0.870. The van der Waals surface area contributed by atoms with E-state index in [0.717, 1.165) is 19.5 Å². The van der Waals surface area contributed by atoms with Gasteiger partial charge in [0.25, 0.3) is 0 Å². The van der Waals surface area contributed by atoms with Gasteiger partial charge < -0.3 is 10.6 Å². The summed E-state index contributed by atoms with van der Waals surface area (Å²) >= 11 is 0. The van der Waals surface area contributed by atoms with Gasteiger partial charge in [0.2, 0.25) is 0 Å². The Kier molecular flexibility index (Phi) is 5.15. The number of hydrogen-bond acceptors (Lipinski definition) is 2. The number of para-hydroxylation sites is 1. The zero-order valence-corrected chi connectivity index (χ0v) is 11.9. The topological polar surface area (TPSA) is 29.3 Å². The van der Waals surface area contributed by atoms with E-state index in [2.05, 4.69) is 20.8 Å². The normalized spacial score (nSPS) is 13.4. The van der Waals surface area contributed by atoms with Gasteiger partial charge in [-0.05, 0) is 30.9 Å². The fourth-order valence-electron chi connectivity index (χ4n) is 1.89. The van der Waals surface area contributed by atoms with Crippen LogP contribution >= 0.6 is 0 Å². The fourth-order valence-corrected chi connectivity index (χ4v) is 1.89. The number of hydrogen-bond donors (Lipinski definition) is 1. The average Bonchev–Trinajstić information content (AvgIpc) is 2.30. The van der Waals surface area contributed by atoms with Crippen molar-refractivity contribution in [2.75, 3.05) is 18.0 Å². The molecule has 18 heavy (non-hydrogen) atoms. The zero-order chi connectivity index (χ0) is 13.8. The van der Waals surface area contributed by atoms with E-state index in [9.17, 15) is 4.39 Å². The minimum atomic E-state index is -0.163. The third kappa shape index (κ3) is 3.98. The van der Waals surface area contributed by atoms with Crippen LogP contribution in [0.25, 0.3) is 0 Å². The summed E-state index contributed by atoms with van der Waals surface area (Å²) in [6.45, 7) is 10.0. The van der Waals surface area contributed by atoms with Crippen LogP contribution < -0.4 is 10.6 Å². The van der Waals surface area contributed by atoms with Crippen molar-refractivity contribution in [2.24, 2.45) is 11.1 Å². The van der Waals surface area contributed by atoms with E-state index in [1.54, 1.807) is 6.07 Å². The highest BCUT2D eigenvalue weighted by atomic mass is 19.1. The molecule has 3 heteroatoms. The van der Waals surface area contributed by atoms with Crippen LogP contribution in [-0.4, -0.2) is 19.1 Å². The molecule has 0 bridgehead atoms. The maximum Gasteiger partial charge on any atom is 0.146 e. The molecule has 102 valence electrons. The molecular formula is C15H25FN2. The number of halogens is 1. The van der Waals surface area contributed by atoms with Gasteiger partial charge in [0.05, 0.1) is 5.69 Å². The lowest BCUT2D eigenvalue weighted by molar-refractivity contribution is 0.307. The molecule has 0 radical (unpaired) electrons. The van der Waals surface area contributed by atoms with Crippen molar-refractivity contribution in [2.45, 2.75) is 40.2 Å². The smallest absolute Gasteiger partial charge is 0.146 e. The predicted molar refractivity (Wildman–Crippen MR) is 76.3 cm³/mol. The third-order valence-corrected chi connectivity index (χ3v) is 3.40. The van der Waals surface area contributed by atoms with Crippen molar-refractivity contribution < 1.29 is 4.39 Å². The molecule has 0 aromatic heterocycles. The van der Waals surface area contributed by atoms with Gasteiger partial charge >= 0.3 is 0 Å². The summed E-state index contributed by atoms with van der Waals surface area (Å²) in [5.74, 6) is -0.163. The minimum absolute atomic E-state index is 0.0919. The summed E-state index contributed by atoms with van der Waals surface area (Å²) in [6.07, 6.45) is 0.867. The van der Waals surface area contributed by atoms with E-state index >= 15 is 0 Å². The molecule has 2 N–H and O–H groups in total. The standard InChI is InChI=1S/C15H25FN2/c1-5-18(11-10-14(17)15(2,3)4)13-9-7-6-8-12(13)16/h6-9,14H,5,10-11,17H2,1-4H3. The van der Waals surface area contributed by atoms with E-state index in [4.69, 9.17) is 5.73 Å². The molecule has 0 saturated carbocycles.